The Kier molecular flexibility index (Phi) is 4.94. The van der Waals surface area contributed by atoms with Crippen LogP contribution in [-0.4, -0.2) is 36.5 Å². The maximum Gasteiger partial charge on any atom is 0.219 e. The average Bonchev–Trinajstić information content (AvgIpc) is 2.19. The lowest BCUT2D eigenvalue weighted by Crippen LogP contribution is -2.47. The van der Waals surface area contributed by atoms with E-state index in [-0.39, 0.29) is 5.91 Å². The minimum atomic E-state index is 0.188. The summed E-state index contributed by atoms with van der Waals surface area (Å²) in [5, 5.41) is 3.08. The first kappa shape index (κ1) is 11.5. The predicted octanol–water partition coefficient (Wildman–Crippen LogP) is 1.39. The normalized spacial score (nSPS) is 23.4. The van der Waals surface area contributed by atoms with Crippen molar-refractivity contribution in [1.29, 1.82) is 0 Å². The van der Waals surface area contributed by atoms with Crippen molar-refractivity contribution >= 4 is 5.91 Å². The molecule has 0 aromatic carbocycles. The summed E-state index contributed by atoms with van der Waals surface area (Å²) in [6, 6.07) is 0.391. The lowest BCUT2D eigenvalue weighted by Gasteiger charge is -2.32. The molecule has 1 fully saturated rings. The zero-order valence-electron chi connectivity index (χ0n) is 9.38. The molecule has 1 N–H and O–H groups in total. The number of carbonyl (C=O) groups is 1. The van der Waals surface area contributed by atoms with Crippen LogP contribution in [0.4, 0.5) is 0 Å². The molecule has 0 radical (unpaired) electrons. The summed E-state index contributed by atoms with van der Waals surface area (Å²) < 4.78 is 0. The molecular weight excluding hydrogens is 176 g/mol. The lowest BCUT2D eigenvalue weighted by molar-refractivity contribution is -0.121. The molecule has 82 valence electrons. The van der Waals surface area contributed by atoms with Crippen molar-refractivity contribution < 1.29 is 4.79 Å². The first-order valence-corrected chi connectivity index (χ1v) is 5.78. The van der Waals surface area contributed by atoms with Crippen molar-refractivity contribution in [2.75, 3.05) is 19.6 Å². The van der Waals surface area contributed by atoms with Crippen LogP contribution in [0.15, 0.2) is 0 Å². The summed E-state index contributed by atoms with van der Waals surface area (Å²) in [6.45, 7) is 7.51. The molecule has 3 nitrogen and oxygen atoms in total. The third-order valence-corrected chi connectivity index (χ3v) is 2.73. The summed E-state index contributed by atoms with van der Waals surface area (Å²) in [7, 11) is 0. The smallest absolute Gasteiger partial charge is 0.219 e. The number of hydrogen-bond acceptors (Lipinski definition) is 2. The highest BCUT2D eigenvalue weighted by molar-refractivity contribution is 5.75. The van der Waals surface area contributed by atoms with Crippen LogP contribution >= 0.6 is 0 Å². The Bertz CT molecular complexity index is 180. The number of likely N-dealkylation sites (tertiary alicyclic amines) is 1. The quantitative estimate of drug-likeness (QED) is 0.740. The Morgan fingerprint density at radius 1 is 1.50 bits per heavy atom. The van der Waals surface area contributed by atoms with E-state index in [1.54, 1.807) is 0 Å². The van der Waals surface area contributed by atoms with Crippen LogP contribution in [0.5, 0.6) is 0 Å². The third-order valence-electron chi connectivity index (χ3n) is 2.73. The second-order valence-electron chi connectivity index (χ2n) is 4.06. The predicted molar refractivity (Wildman–Crippen MR) is 58.2 cm³/mol. The number of nitrogens with zero attached hydrogens (tertiary/aromatic N) is 1. The molecule has 1 atom stereocenters. The third kappa shape index (κ3) is 3.66. The zero-order valence-corrected chi connectivity index (χ0v) is 9.38. The molecule has 1 saturated heterocycles. The molecule has 0 aromatic rings. The topological polar surface area (TPSA) is 32.3 Å². The van der Waals surface area contributed by atoms with Crippen LogP contribution in [0.25, 0.3) is 0 Å². The number of rotatable bonds is 4. The van der Waals surface area contributed by atoms with Crippen molar-refractivity contribution in [3.8, 4) is 0 Å². The molecule has 0 saturated carbocycles. The Balaban J connectivity index is 2.28. The van der Waals surface area contributed by atoms with Gasteiger partial charge in [0.05, 0.1) is 0 Å². The summed E-state index contributed by atoms with van der Waals surface area (Å²) in [4.78, 5) is 13.7. The van der Waals surface area contributed by atoms with Gasteiger partial charge in [0.1, 0.15) is 0 Å². The van der Waals surface area contributed by atoms with Gasteiger partial charge in [0.15, 0.2) is 0 Å². The maximum absolute atomic E-state index is 11.2. The van der Waals surface area contributed by atoms with Crippen molar-refractivity contribution in [2.45, 2.75) is 45.6 Å². The van der Waals surface area contributed by atoms with E-state index in [2.05, 4.69) is 17.1 Å². The standard InChI is InChI=1S/C11H22N2O/c1-3-7-13-8-5-6-10(9-13)12-11(14)4-2/h10H,3-9H2,1-2H3,(H,12,14). The van der Waals surface area contributed by atoms with Gasteiger partial charge < -0.3 is 10.2 Å². The summed E-state index contributed by atoms with van der Waals surface area (Å²) in [5.74, 6) is 0.188. The van der Waals surface area contributed by atoms with E-state index in [0.717, 1.165) is 13.0 Å². The summed E-state index contributed by atoms with van der Waals surface area (Å²) in [6.07, 6.45) is 4.17. The fourth-order valence-corrected chi connectivity index (χ4v) is 2.02. The van der Waals surface area contributed by atoms with Crippen LogP contribution in [0, 0.1) is 0 Å². The largest absolute Gasteiger partial charge is 0.352 e. The van der Waals surface area contributed by atoms with Crippen molar-refractivity contribution in [2.24, 2.45) is 0 Å². The first-order valence-electron chi connectivity index (χ1n) is 5.78. The van der Waals surface area contributed by atoms with E-state index in [1.165, 1.54) is 25.9 Å². The molecule has 1 aliphatic heterocycles. The monoisotopic (exact) mass is 198 g/mol. The molecular formula is C11H22N2O. The highest BCUT2D eigenvalue weighted by Crippen LogP contribution is 2.10. The molecule has 0 aromatic heterocycles. The Morgan fingerprint density at radius 2 is 2.29 bits per heavy atom. The molecule has 14 heavy (non-hydrogen) atoms. The number of nitrogens with one attached hydrogen (secondary N) is 1. The summed E-state index contributed by atoms with van der Waals surface area (Å²) in [5.41, 5.74) is 0. The molecule has 0 bridgehead atoms. The minimum Gasteiger partial charge on any atom is -0.352 e. The van der Waals surface area contributed by atoms with Crippen molar-refractivity contribution in [1.82, 2.24) is 10.2 Å². The molecule has 1 heterocycles. The van der Waals surface area contributed by atoms with Crippen LogP contribution in [0.3, 0.4) is 0 Å². The van der Waals surface area contributed by atoms with Gasteiger partial charge in [-0.3, -0.25) is 4.79 Å². The van der Waals surface area contributed by atoms with Gasteiger partial charge >= 0.3 is 0 Å². The van der Waals surface area contributed by atoms with Crippen molar-refractivity contribution in [3.05, 3.63) is 0 Å². The van der Waals surface area contributed by atoms with Crippen LogP contribution < -0.4 is 5.32 Å². The Morgan fingerprint density at radius 3 is 2.93 bits per heavy atom. The van der Waals surface area contributed by atoms with Crippen LogP contribution in [-0.2, 0) is 4.79 Å². The van der Waals surface area contributed by atoms with E-state index in [9.17, 15) is 4.79 Å². The molecule has 1 rings (SSSR count). The van der Waals surface area contributed by atoms with Gasteiger partial charge in [0.25, 0.3) is 0 Å². The van der Waals surface area contributed by atoms with Gasteiger partial charge in [-0.15, -0.1) is 0 Å². The van der Waals surface area contributed by atoms with E-state index >= 15 is 0 Å². The Hall–Kier alpha value is -0.570. The molecule has 1 amide bonds. The molecule has 1 unspecified atom stereocenters. The molecule has 3 heteroatoms. The van der Waals surface area contributed by atoms with Crippen molar-refractivity contribution in [3.63, 3.8) is 0 Å². The van der Waals surface area contributed by atoms with Gasteiger partial charge in [0.2, 0.25) is 5.91 Å². The second kappa shape index (κ2) is 6.02. The van der Waals surface area contributed by atoms with Gasteiger partial charge in [-0.1, -0.05) is 13.8 Å². The maximum atomic E-state index is 11.2. The molecule has 1 aliphatic rings. The fourth-order valence-electron chi connectivity index (χ4n) is 2.02. The van der Waals surface area contributed by atoms with Gasteiger partial charge in [0, 0.05) is 19.0 Å². The van der Waals surface area contributed by atoms with Crippen LogP contribution in [0.2, 0.25) is 0 Å². The molecule has 0 spiro atoms. The first-order chi connectivity index (χ1) is 6.76. The minimum absolute atomic E-state index is 0.188. The van der Waals surface area contributed by atoms with E-state index in [0.29, 0.717) is 12.5 Å². The van der Waals surface area contributed by atoms with E-state index in [1.807, 2.05) is 6.92 Å². The number of amides is 1. The van der Waals surface area contributed by atoms with Crippen LogP contribution in [0.1, 0.15) is 39.5 Å². The summed E-state index contributed by atoms with van der Waals surface area (Å²) >= 11 is 0. The van der Waals surface area contributed by atoms with Gasteiger partial charge in [-0.25, -0.2) is 0 Å². The fraction of sp³-hybridized carbons (Fsp3) is 0.909. The van der Waals surface area contributed by atoms with Gasteiger partial charge in [-0.2, -0.15) is 0 Å². The molecule has 0 aliphatic carbocycles. The highest BCUT2D eigenvalue weighted by Gasteiger charge is 2.19. The zero-order chi connectivity index (χ0) is 10.4. The average molecular weight is 198 g/mol. The van der Waals surface area contributed by atoms with E-state index in [4.69, 9.17) is 0 Å². The highest BCUT2D eigenvalue weighted by atomic mass is 16.1. The second-order valence-corrected chi connectivity index (χ2v) is 4.06. The number of hydrogen-bond donors (Lipinski definition) is 1. The van der Waals surface area contributed by atoms with Gasteiger partial charge in [-0.05, 0) is 32.4 Å². The number of piperidine rings is 1. The lowest BCUT2D eigenvalue weighted by atomic mass is 10.1. The van der Waals surface area contributed by atoms with E-state index < -0.39 is 0 Å². The Labute approximate surface area is 86.9 Å². The SMILES string of the molecule is CCCN1CCCC(NC(=O)CC)C1. The number of carbonyl (C=O) groups excluding carboxylic acids is 1.